The summed E-state index contributed by atoms with van der Waals surface area (Å²) >= 11 is 0. The van der Waals surface area contributed by atoms with Crippen molar-refractivity contribution in [1.29, 1.82) is 0 Å². The van der Waals surface area contributed by atoms with Crippen molar-refractivity contribution in [2.24, 2.45) is 0 Å². The second kappa shape index (κ2) is 5.74. The number of hydrogen-bond acceptors (Lipinski definition) is 3. The molecule has 0 radical (unpaired) electrons. The minimum Gasteiger partial charge on any atom is -0.486 e. The predicted molar refractivity (Wildman–Crippen MR) is 111 cm³/mol. The molecule has 1 saturated heterocycles. The Balaban J connectivity index is 1.57. The summed E-state index contributed by atoms with van der Waals surface area (Å²) in [4.78, 5) is 14.6. The van der Waals surface area contributed by atoms with Gasteiger partial charge in [0.15, 0.2) is 0 Å². The van der Waals surface area contributed by atoms with Crippen LogP contribution in [-0.4, -0.2) is 24.2 Å². The third-order valence-corrected chi connectivity index (χ3v) is 6.43. The summed E-state index contributed by atoms with van der Waals surface area (Å²) in [7, 11) is 0. The Bertz CT molecular complexity index is 1020. The van der Waals surface area contributed by atoms with Gasteiger partial charge in [0.05, 0.1) is 6.54 Å². The van der Waals surface area contributed by atoms with Crippen LogP contribution in [-0.2, 0) is 14.9 Å². The fourth-order valence-electron chi connectivity index (χ4n) is 4.83. The molecule has 0 aromatic heterocycles. The average molecular weight is 372 g/mol. The first-order valence-electron chi connectivity index (χ1n) is 9.74. The predicted octanol–water partition coefficient (Wildman–Crippen LogP) is 3.89. The van der Waals surface area contributed by atoms with Gasteiger partial charge in [0, 0.05) is 16.7 Å². The fourth-order valence-corrected chi connectivity index (χ4v) is 4.83. The normalized spacial score (nSPS) is 29.4. The number of carbonyl (C=O) groups is 1. The van der Waals surface area contributed by atoms with Crippen LogP contribution in [0.3, 0.4) is 0 Å². The van der Waals surface area contributed by atoms with E-state index in [4.69, 9.17) is 4.74 Å². The van der Waals surface area contributed by atoms with Crippen LogP contribution in [0.5, 0.6) is 0 Å². The SMILES string of the molecule is CC1=C(/C=C/[C@@]23NC(=O)CN2c2ccccc2C3(C)C)C=C2C=CC=C[C@H]2O1. The Labute approximate surface area is 165 Å². The summed E-state index contributed by atoms with van der Waals surface area (Å²) < 4.78 is 6.08. The highest BCUT2D eigenvalue weighted by atomic mass is 16.5. The lowest BCUT2D eigenvalue weighted by Gasteiger charge is -2.40. The van der Waals surface area contributed by atoms with E-state index < -0.39 is 5.66 Å². The first-order valence-corrected chi connectivity index (χ1v) is 9.74. The number of allylic oxidation sites excluding steroid dienone is 6. The monoisotopic (exact) mass is 372 g/mol. The molecule has 1 aromatic rings. The third kappa shape index (κ3) is 2.21. The van der Waals surface area contributed by atoms with E-state index in [9.17, 15) is 4.79 Å². The molecule has 28 heavy (non-hydrogen) atoms. The molecule has 1 fully saturated rings. The zero-order valence-electron chi connectivity index (χ0n) is 16.4. The van der Waals surface area contributed by atoms with Gasteiger partial charge < -0.3 is 15.0 Å². The van der Waals surface area contributed by atoms with Crippen LogP contribution in [0.25, 0.3) is 0 Å². The zero-order chi connectivity index (χ0) is 19.5. The molecule has 1 aromatic carbocycles. The largest absolute Gasteiger partial charge is 0.486 e. The standard InChI is InChI=1S/C24H24N2O2/c1-16-17(14-18-8-4-7-11-21(18)28-16)12-13-24-23(2,3)19-9-5-6-10-20(19)26(24)15-22(27)25-24/h4-14,21H,15H2,1-3H3,(H,25,27)/b13-12+/t21-,24-/m1/s1. The van der Waals surface area contributed by atoms with Gasteiger partial charge in [0.25, 0.3) is 0 Å². The number of benzene rings is 1. The number of nitrogens with one attached hydrogen (secondary N) is 1. The van der Waals surface area contributed by atoms with Crippen LogP contribution in [0.15, 0.2) is 83.7 Å². The van der Waals surface area contributed by atoms with Crippen molar-refractivity contribution in [3.63, 3.8) is 0 Å². The van der Waals surface area contributed by atoms with Crippen LogP contribution in [0.1, 0.15) is 26.3 Å². The molecule has 0 bridgehead atoms. The molecule has 3 aliphatic heterocycles. The number of amides is 1. The van der Waals surface area contributed by atoms with E-state index >= 15 is 0 Å². The Morgan fingerprint density at radius 3 is 2.93 bits per heavy atom. The Kier molecular flexibility index (Phi) is 3.51. The second-order valence-electron chi connectivity index (χ2n) is 8.31. The smallest absolute Gasteiger partial charge is 0.241 e. The number of anilines is 1. The minimum atomic E-state index is -0.585. The molecule has 1 aliphatic carbocycles. The maximum atomic E-state index is 12.4. The van der Waals surface area contributed by atoms with E-state index in [1.165, 1.54) is 5.56 Å². The first kappa shape index (κ1) is 17.1. The highest BCUT2D eigenvalue weighted by Gasteiger charge is 2.59. The Hall–Kier alpha value is -3.01. The second-order valence-corrected chi connectivity index (χ2v) is 8.31. The van der Waals surface area contributed by atoms with Crippen LogP contribution in [0, 0.1) is 0 Å². The van der Waals surface area contributed by atoms with Crippen LogP contribution >= 0.6 is 0 Å². The molecule has 4 aliphatic rings. The quantitative estimate of drug-likeness (QED) is 0.856. The molecule has 142 valence electrons. The maximum absolute atomic E-state index is 12.4. The fraction of sp³-hybridized carbons (Fsp3) is 0.292. The molecule has 0 saturated carbocycles. The van der Waals surface area contributed by atoms with Gasteiger partial charge >= 0.3 is 0 Å². The van der Waals surface area contributed by atoms with Gasteiger partial charge in [-0.3, -0.25) is 4.79 Å². The number of nitrogens with zero attached hydrogens (tertiary/aromatic N) is 1. The van der Waals surface area contributed by atoms with Gasteiger partial charge in [0.1, 0.15) is 17.5 Å². The number of hydrogen-bond donors (Lipinski definition) is 1. The molecule has 0 spiro atoms. The summed E-state index contributed by atoms with van der Waals surface area (Å²) in [5.74, 6) is 0.946. The molecule has 5 rings (SSSR count). The van der Waals surface area contributed by atoms with E-state index in [0.717, 1.165) is 22.6 Å². The molecule has 1 N–H and O–H groups in total. The lowest BCUT2D eigenvalue weighted by Crippen LogP contribution is -2.58. The molecule has 1 amide bonds. The van der Waals surface area contributed by atoms with Crippen LogP contribution < -0.4 is 10.2 Å². The lowest BCUT2D eigenvalue weighted by molar-refractivity contribution is -0.118. The minimum absolute atomic E-state index is 0.00447. The van der Waals surface area contributed by atoms with Gasteiger partial charge in [-0.15, -0.1) is 0 Å². The van der Waals surface area contributed by atoms with E-state index in [-0.39, 0.29) is 17.4 Å². The van der Waals surface area contributed by atoms with Crippen molar-refractivity contribution in [1.82, 2.24) is 5.32 Å². The van der Waals surface area contributed by atoms with Gasteiger partial charge in [-0.1, -0.05) is 56.4 Å². The lowest BCUT2D eigenvalue weighted by atomic mass is 9.75. The van der Waals surface area contributed by atoms with Crippen molar-refractivity contribution in [3.05, 3.63) is 89.3 Å². The molecular weight excluding hydrogens is 348 g/mol. The highest BCUT2D eigenvalue weighted by molar-refractivity contribution is 5.91. The third-order valence-electron chi connectivity index (χ3n) is 6.43. The number of ether oxygens (including phenoxy) is 1. The van der Waals surface area contributed by atoms with E-state index in [2.05, 4.69) is 72.6 Å². The summed E-state index contributed by atoms with van der Waals surface area (Å²) in [6.07, 6.45) is 14.6. The van der Waals surface area contributed by atoms with Gasteiger partial charge in [0.2, 0.25) is 5.91 Å². The van der Waals surface area contributed by atoms with Crippen molar-refractivity contribution < 1.29 is 9.53 Å². The topological polar surface area (TPSA) is 41.6 Å². The number of fused-ring (bicyclic) bond motifs is 4. The Morgan fingerprint density at radius 2 is 2.07 bits per heavy atom. The van der Waals surface area contributed by atoms with Crippen LogP contribution in [0.4, 0.5) is 5.69 Å². The van der Waals surface area contributed by atoms with Crippen molar-refractivity contribution in [3.8, 4) is 0 Å². The molecule has 3 heterocycles. The summed E-state index contributed by atoms with van der Waals surface area (Å²) in [6, 6.07) is 8.37. The molecule has 2 atom stereocenters. The van der Waals surface area contributed by atoms with Gasteiger partial charge in [-0.05, 0) is 42.4 Å². The molecule has 4 heteroatoms. The van der Waals surface area contributed by atoms with E-state index in [1.807, 2.05) is 25.1 Å². The van der Waals surface area contributed by atoms with Crippen molar-refractivity contribution >= 4 is 11.6 Å². The first-order chi connectivity index (χ1) is 13.4. The molecule has 0 unspecified atom stereocenters. The summed E-state index contributed by atoms with van der Waals surface area (Å²) in [5.41, 5.74) is 3.71. The van der Waals surface area contributed by atoms with Gasteiger partial charge in [-0.25, -0.2) is 0 Å². The number of rotatable bonds is 2. The maximum Gasteiger partial charge on any atom is 0.241 e. The number of carbonyl (C=O) groups excluding carboxylic acids is 1. The molecule has 4 nitrogen and oxygen atoms in total. The van der Waals surface area contributed by atoms with Crippen molar-refractivity contribution in [2.45, 2.75) is 38.0 Å². The van der Waals surface area contributed by atoms with Crippen LogP contribution in [0.2, 0.25) is 0 Å². The molecular formula is C24H24N2O2. The zero-order valence-corrected chi connectivity index (χ0v) is 16.4. The summed E-state index contributed by atoms with van der Waals surface area (Å²) in [5, 5.41) is 3.27. The average Bonchev–Trinajstić information content (AvgIpc) is 3.11. The number of para-hydroxylation sites is 1. The van der Waals surface area contributed by atoms with E-state index in [0.29, 0.717) is 6.54 Å². The Morgan fingerprint density at radius 1 is 1.25 bits per heavy atom. The van der Waals surface area contributed by atoms with Crippen molar-refractivity contribution in [2.75, 3.05) is 11.4 Å². The van der Waals surface area contributed by atoms with E-state index in [1.54, 1.807) is 0 Å². The highest BCUT2D eigenvalue weighted by Crippen LogP contribution is 2.52. The van der Waals surface area contributed by atoms with Gasteiger partial charge in [-0.2, -0.15) is 0 Å². The summed E-state index contributed by atoms with van der Waals surface area (Å²) in [6.45, 7) is 6.76.